The second kappa shape index (κ2) is 8.43. The number of carbonyl (C=O) groups is 1. The molecule has 0 atom stereocenters. The summed E-state index contributed by atoms with van der Waals surface area (Å²) in [6.45, 7) is 8.26. The van der Waals surface area contributed by atoms with Gasteiger partial charge in [-0.1, -0.05) is 26.8 Å². The zero-order chi connectivity index (χ0) is 20.2. The number of carboxylic acids is 1. The summed E-state index contributed by atoms with van der Waals surface area (Å²) >= 11 is 0. The molecule has 2 aromatic rings. The summed E-state index contributed by atoms with van der Waals surface area (Å²) in [6, 6.07) is 9.06. The quantitative estimate of drug-likeness (QED) is 0.695. The Hall–Kier alpha value is -2.54. The van der Waals surface area contributed by atoms with Gasteiger partial charge in [0.05, 0.1) is 12.2 Å². The highest BCUT2D eigenvalue weighted by atomic mass is 32.2. The van der Waals surface area contributed by atoms with Crippen LogP contribution in [-0.2, 0) is 10.0 Å². The van der Waals surface area contributed by atoms with Gasteiger partial charge in [0.25, 0.3) is 10.0 Å². The summed E-state index contributed by atoms with van der Waals surface area (Å²) in [6.07, 6.45) is 0.749. The minimum absolute atomic E-state index is 0.00410. The highest BCUT2D eigenvalue weighted by Crippen LogP contribution is 2.32. The second-order valence-electron chi connectivity index (χ2n) is 6.65. The molecule has 0 heterocycles. The van der Waals surface area contributed by atoms with Crippen molar-refractivity contribution >= 4 is 21.7 Å². The average Bonchev–Trinajstić information content (AvgIpc) is 2.59. The molecule has 2 aromatic carbocycles. The van der Waals surface area contributed by atoms with Crippen molar-refractivity contribution < 1.29 is 23.1 Å². The predicted molar refractivity (Wildman–Crippen MR) is 105 cm³/mol. The van der Waals surface area contributed by atoms with E-state index in [0.29, 0.717) is 12.4 Å². The minimum Gasteiger partial charge on any atom is -0.492 e. The first-order valence-corrected chi connectivity index (χ1v) is 10.3. The molecule has 0 aliphatic rings. The van der Waals surface area contributed by atoms with Crippen molar-refractivity contribution in [2.75, 3.05) is 11.3 Å². The smallest absolute Gasteiger partial charge is 0.335 e. The standard InChI is InChI=1S/C20H25NO5S/c1-5-9-26-18-10-14(4)17(13(2)3)12-19(18)27(24,25)21-16-8-6-7-15(11-16)20(22)23/h6-8,10-13,21H,5,9H2,1-4H3,(H,22,23). The van der Waals surface area contributed by atoms with Crippen molar-refractivity contribution in [3.8, 4) is 5.75 Å². The summed E-state index contributed by atoms with van der Waals surface area (Å²) in [7, 11) is -3.96. The average molecular weight is 391 g/mol. The zero-order valence-electron chi connectivity index (χ0n) is 15.9. The van der Waals surface area contributed by atoms with E-state index in [2.05, 4.69) is 4.72 Å². The summed E-state index contributed by atoms with van der Waals surface area (Å²) in [4.78, 5) is 11.2. The molecule has 7 heteroatoms. The minimum atomic E-state index is -3.96. The van der Waals surface area contributed by atoms with Gasteiger partial charge in [-0.2, -0.15) is 0 Å². The molecule has 0 fully saturated rings. The number of rotatable bonds is 8. The normalized spacial score (nSPS) is 11.4. The van der Waals surface area contributed by atoms with E-state index in [4.69, 9.17) is 9.84 Å². The number of ether oxygens (including phenoxy) is 1. The number of anilines is 1. The first kappa shape index (κ1) is 20.8. The lowest BCUT2D eigenvalue weighted by Gasteiger charge is -2.18. The Labute approximate surface area is 160 Å². The number of aromatic carboxylic acids is 1. The first-order valence-electron chi connectivity index (χ1n) is 8.79. The van der Waals surface area contributed by atoms with Crippen molar-refractivity contribution in [3.63, 3.8) is 0 Å². The van der Waals surface area contributed by atoms with Gasteiger partial charge in [0.1, 0.15) is 10.6 Å². The molecule has 2 rings (SSSR count). The highest BCUT2D eigenvalue weighted by molar-refractivity contribution is 7.92. The molecule has 0 saturated carbocycles. The molecule has 0 saturated heterocycles. The molecule has 0 aliphatic carbocycles. The van der Waals surface area contributed by atoms with Crippen LogP contribution in [0.3, 0.4) is 0 Å². The fraction of sp³-hybridized carbons (Fsp3) is 0.350. The number of benzene rings is 2. The maximum atomic E-state index is 13.0. The zero-order valence-corrected chi connectivity index (χ0v) is 16.8. The third kappa shape index (κ3) is 5.01. The Kier molecular flexibility index (Phi) is 6.49. The van der Waals surface area contributed by atoms with Gasteiger partial charge in [-0.05, 0) is 60.7 Å². The van der Waals surface area contributed by atoms with Gasteiger partial charge in [-0.3, -0.25) is 4.72 Å². The molecule has 146 valence electrons. The van der Waals surface area contributed by atoms with E-state index in [0.717, 1.165) is 17.5 Å². The maximum absolute atomic E-state index is 13.0. The van der Waals surface area contributed by atoms with Crippen molar-refractivity contribution in [1.29, 1.82) is 0 Å². The number of hydrogen-bond donors (Lipinski definition) is 2. The Morgan fingerprint density at radius 2 is 1.93 bits per heavy atom. The molecule has 6 nitrogen and oxygen atoms in total. The molecule has 0 aliphatic heterocycles. The van der Waals surface area contributed by atoms with Crippen LogP contribution < -0.4 is 9.46 Å². The van der Waals surface area contributed by atoms with Gasteiger partial charge in [0, 0.05) is 5.69 Å². The number of carboxylic acid groups (broad SMARTS) is 1. The van der Waals surface area contributed by atoms with E-state index in [9.17, 15) is 13.2 Å². The van der Waals surface area contributed by atoms with Crippen molar-refractivity contribution in [1.82, 2.24) is 0 Å². The van der Waals surface area contributed by atoms with Crippen molar-refractivity contribution in [2.45, 2.75) is 44.9 Å². The molecule has 0 amide bonds. The molecule has 0 spiro atoms. The summed E-state index contributed by atoms with van der Waals surface area (Å²) in [5.74, 6) is -0.685. The van der Waals surface area contributed by atoms with Gasteiger partial charge >= 0.3 is 5.97 Å². The first-order chi connectivity index (χ1) is 12.7. The van der Waals surface area contributed by atoms with Crippen molar-refractivity contribution in [2.24, 2.45) is 0 Å². The molecule has 2 N–H and O–H groups in total. The van der Waals surface area contributed by atoms with Crippen LogP contribution in [0.2, 0.25) is 0 Å². The van der Waals surface area contributed by atoms with Crippen LogP contribution >= 0.6 is 0 Å². The lowest BCUT2D eigenvalue weighted by molar-refractivity contribution is 0.0697. The predicted octanol–water partition coefficient (Wildman–Crippen LogP) is 4.41. The number of nitrogens with one attached hydrogen (secondary N) is 1. The van der Waals surface area contributed by atoms with Gasteiger partial charge < -0.3 is 9.84 Å². The number of aryl methyl sites for hydroxylation is 1. The number of hydrogen-bond acceptors (Lipinski definition) is 4. The van der Waals surface area contributed by atoms with Crippen molar-refractivity contribution in [3.05, 3.63) is 53.1 Å². The third-order valence-electron chi connectivity index (χ3n) is 4.07. The Bertz CT molecular complexity index is 935. The lowest BCUT2D eigenvalue weighted by Crippen LogP contribution is -2.16. The number of sulfonamides is 1. The van der Waals surface area contributed by atoms with E-state index in [1.165, 1.54) is 24.3 Å². The molecule has 0 unspecified atom stereocenters. The van der Waals surface area contributed by atoms with E-state index in [1.807, 2.05) is 27.7 Å². The summed E-state index contributed by atoms with van der Waals surface area (Å²) < 4.78 is 34.2. The Morgan fingerprint density at radius 3 is 2.52 bits per heavy atom. The van der Waals surface area contributed by atoms with Crippen LogP contribution in [0.4, 0.5) is 5.69 Å². The molecule has 0 aromatic heterocycles. The molecular formula is C20H25NO5S. The van der Waals surface area contributed by atoms with Crippen LogP contribution in [0.1, 0.15) is 54.6 Å². The largest absolute Gasteiger partial charge is 0.492 e. The van der Waals surface area contributed by atoms with Crippen LogP contribution in [0.15, 0.2) is 41.3 Å². The molecule has 0 bridgehead atoms. The van der Waals surface area contributed by atoms with E-state index >= 15 is 0 Å². The Morgan fingerprint density at radius 1 is 1.22 bits per heavy atom. The van der Waals surface area contributed by atoms with E-state index < -0.39 is 16.0 Å². The van der Waals surface area contributed by atoms with Crippen LogP contribution in [0.5, 0.6) is 5.75 Å². The fourth-order valence-electron chi connectivity index (χ4n) is 2.76. The fourth-order valence-corrected chi connectivity index (χ4v) is 3.97. The SMILES string of the molecule is CCCOc1cc(C)c(C(C)C)cc1S(=O)(=O)Nc1cccc(C(=O)O)c1. The van der Waals surface area contributed by atoms with Gasteiger partial charge in [-0.25, -0.2) is 13.2 Å². The Balaban J connectivity index is 2.51. The monoisotopic (exact) mass is 391 g/mol. The summed E-state index contributed by atoms with van der Waals surface area (Å²) in [5, 5.41) is 9.10. The van der Waals surface area contributed by atoms with Crippen LogP contribution in [0, 0.1) is 6.92 Å². The molecular weight excluding hydrogens is 366 g/mol. The highest BCUT2D eigenvalue weighted by Gasteiger charge is 2.23. The molecule has 0 radical (unpaired) electrons. The third-order valence-corrected chi connectivity index (χ3v) is 5.47. The van der Waals surface area contributed by atoms with Gasteiger partial charge in [0.15, 0.2) is 0 Å². The maximum Gasteiger partial charge on any atom is 0.335 e. The van der Waals surface area contributed by atoms with E-state index in [1.54, 1.807) is 12.1 Å². The topological polar surface area (TPSA) is 92.7 Å². The van der Waals surface area contributed by atoms with Crippen LogP contribution in [-0.4, -0.2) is 26.1 Å². The van der Waals surface area contributed by atoms with Gasteiger partial charge in [-0.15, -0.1) is 0 Å². The van der Waals surface area contributed by atoms with Crippen LogP contribution in [0.25, 0.3) is 0 Å². The lowest BCUT2D eigenvalue weighted by atomic mass is 9.98. The van der Waals surface area contributed by atoms with E-state index in [-0.39, 0.29) is 22.1 Å². The summed E-state index contributed by atoms with van der Waals surface area (Å²) in [5.41, 5.74) is 2.06. The molecule has 27 heavy (non-hydrogen) atoms. The van der Waals surface area contributed by atoms with Gasteiger partial charge in [0.2, 0.25) is 0 Å². The second-order valence-corrected chi connectivity index (χ2v) is 8.30.